The predicted octanol–water partition coefficient (Wildman–Crippen LogP) is 4.95. The Labute approximate surface area is 149 Å². The Hall–Kier alpha value is -1.62. The van der Waals surface area contributed by atoms with Crippen molar-refractivity contribution in [2.75, 3.05) is 13.1 Å². The summed E-state index contributed by atoms with van der Waals surface area (Å²) in [5, 5.41) is 12.0. The number of aromatic amines is 1. The highest BCUT2D eigenvalue weighted by atomic mass is 35.5. The van der Waals surface area contributed by atoms with Crippen LogP contribution in [0.25, 0.3) is 22.0 Å². The van der Waals surface area contributed by atoms with Crippen LogP contribution >= 0.6 is 23.2 Å². The number of aromatic nitrogens is 2. The van der Waals surface area contributed by atoms with Gasteiger partial charge in [0, 0.05) is 23.4 Å². The third-order valence-electron chi connectivity index (χ3n) is 4.68. The van der Waals surface area contributed by atoms with Gasteiger partial charge in [0.15, 0.2) is 0 Å². The average molecular weight is 364 g/mol. The molecule has 0 amide bonds. The molecule has 1 saturated heterocycles. The zero-order valence-electron chi connectivity index (χ0n) is 12.8. The molecule has 1 aliphatic heterocycles. The van der Waals surface area contributed by atoms with E-state index in [9.17, 15) is 4.39 Å². The largest absolute Gasteiger partial charge is 0.314 e. The fraction of sp³-hybridized carbons (Fsp3) is 0.278. The van der Waals surface area contributed by atoms with Crippen molar-refractivity contribution >= 4 is 34.1 Å². The Kier molecular flexibility index (Phi) is 4.21. The average Bonchev–Trinajstić information content (AvgIpc) is 3.10. The van der Waals surface area contributed by atoms with Crippen molar-refractivity contribution in [3.63, 3.8) is 0 Å². The summed E-state index contributed by atoms with van der Waals surface area (Å²) >= 11 is 12.8. The molecule has 2 aromatic carbocycles. The van der Waals surface area contributed by atoms with Crippen molar-refractivity contribution in [3.05, 3.63) is 52.1 Å². The summed E-state index contributed by atoms with van der Waals surface area (Å²) in [4.78, 5) is 0. The monoisotopic (exact) mass is 363 g/mol. The van der Waals surface area contributed by atoms with Gasteiger partial charge < -0.3 is 5.32 Å². The minimum Gasteiger partial charge on any atom is -0.314 e. The molecule has 0 aliphatic carbocycles. The van der Waals surface area contributed by atoms with Gasteiger partial charge in [0.1, 0.15) is 6.17 Å². The van der Waals surface area contributed by atoms with Gasteiger partial charge in [-0.2, -0.15) is 5.10 Å². The maximum atomic E-state index is 14.1. The van der Waals surface area contributed by atoms with Crippen molar-refractivity contribution in [1.82, 2.24) is 15.5 Å². The predicted molar refractivity (Wildman–Crippen MR) is 96.7 cm³/mol. The number of nitrogens with one attached hydrogen (secondary N) is 2. The lowest BCUT2D eigenvalue weighted by atomic mass is 9.88. The minimum absolute atomic E-state index is 0.0468. The molecule has 0 unspecified atom stereocenters. The molecule has 0 radical (unpaired) electrons. The van der Waals surface area contributed by atoms with Gasteiger partial charge in [-0.15, -0.1) is 0 Å². The number of H-pyrrole nitrogens is 1. The van der Waals surface area contributed by atoms with Crippen LogP contribution in [0.5, 0.6) is 0 Å². The summed E-state index contributed by atoms with van der Waals surface area (Å²) < 4.78 is 14.1. The van der Waals surface area contributed by atoms with Crippen LogP contribution in [0.1, 0.15) is 17.9 Å². The van der Waals surface area contributed by atoms with Gasteiger partial charge in [0.05, 0.1) is 21.8 Å². The second-order valence-electron chi connectivity index (χ2n) is 6.12. The van der Waals surface area contributed by atoms with Crippen LogP contribution in [0.15, 0.2) is 36.5 Å². The SMILES string of the molecule is F[C@H]1CNCC[C@@H]1c1ccc(-c2cc(Cl)c3cn[nH]c3c2Cl)cc1. The molecule has 0 spiro atoms. The first kappa shape index (κ1) is 15.9. The summed E-state index contributed by atoms with van der Waals surface area (Å²) in [7, 11) is 0. The molecule has 4 rings (SSSR count). The highest BCUT2D eigenvalue weighted by Gasteiger charge is 2.26. The summed E-state index contributed by atoms with van der Waals surface area (Å²) in [6, 6.07) is 9.77. The van der Waals surface area contributed by atoms with Crippen molar-refractivity contribution in [2.45, 2.75) is 18.5 Å². The third-order valence-corrected chi connectivity index (χ3v) is 5.39. The highest BCUT2D eigenvalue weighted by molar-refractivity contribution is 6.42. The number of alkyl halides is 1. The van der Waals surface area contributed by atoms with Crippen LogP contribution in [-0.2, 0) is 0 Å². The van der Waals surface area contributed by atoms with Gasteiger partial charge in [-0.3, -0.25) is 5.10 Å². The first-order chi connectivity index (χ1) is 11.6. The summed E-state index contributed by atoms with van der Waals surface area (Å²) in [6.45, 7) is 1.27. The van der Waals surface area contributed by atoms with E-state index in [0.717, 1.165) is 40.6 Å². The van der Waals surface area contributed by atoms with Crippen LogP contribution in [-0.4, -0.2) is 29.5 Å². The molecular weight excluding hydrogens is 348 g/mol. The van der Waals surface area contributed by atoms with Crippen molar-refractivity contribution in [3.8, 4) is 11.1 Å². The van der Waals surface area contributed by atoms with E-state index in [2.05, 4.69) is 15.5 Å². The zero-order chi connectivity index (χ0) is 16.7. The van der Waals surface area contributed by atoms with E-state index in [-0.39, 0.29) is 5.92 Å². The van der Waals surface area contributed by atoms with Crippen LogP contribution < -0.4 is 5.32 Å². The summed E-state index contributed by atoms with van der Waals surface area (Å²) in [6.07, 6.45) is 1.63. The Bertz CT molecular complexity index is 876. The van der Waals surface area contributed by atoms with E-state index in [1.54, 1.807) is 6.20 Å². The van der Waals surface area contributed by atoms with Gasteiger partial charge in [0.25, 0.3) is 0 Å². The minimum atomic E-state index is -0.844. The second kappa shape index (κ2) is 6.36. The Morgan fingerprint density at radius 1 is 1.17 bits per heavy atom. The molecular formula is C18H16Cl2FN3. The van der Waals surface area contributed by atoms with Gasteiger partial charge >= 0.3 is 0 Å². The van der Waals surface area contributed by atoms with Crippen LogP contribution in [0.3, 0.4) is 0 Å². The first-order valence-electron chi connectivity index (χ1n) is 7.91. The number of hydrogen-bond acceptors (Lipinski definition) is 2. The van der Waals surface area contributed by atoms with E-state index in [1.807, 2.05) is 30.3 Å². The highest BCUT2D eigenvalue weighted by Crippen LogP contribution is 2.38. The molecule has 2 N–H and O–H groups in total. The molecule has 3 aromatic rings. The van der Waals surface area contributed by atoms with Crippen molar-refractivity contribution in [2.24, 2.45) is 0 Å². The molecule has 124 valence electrons. The Morgan fingerprint density at radius 3 is 2.71 bits per heavy atom. The standard InChI is InChI=1S/C18H16Cl2FN3/c19-15-7-13(17(20)18-14(15)8-23-24-18)11-3-1-10(2-4-11)12-5-6-22-9-16(12)21/h1-4,7-8,12,16,22H,5-6,9H2,(H,23,24)/t12-,16+/m1/s1. The number of fused-ring (bicyclic) bond motifs is 1. The Balaban J connectivity index is 1.71. The third kappa shape index (κ3) is 2.69. The van der Waals surface area contributed by atoms with Crippen molar-refractivity contribution in [1.29, 1.82) is 0 Å². The zero-order valence-corrected chi connectivity index (χ0v) is 14.3. The van der Waals surface area contributed by atoms with E-state index in [1.165, 1.54) is 0 Å². The maximum Gasteiger partial charge on any atom is 0.119 e. The van der Waals surface area contributed by atoms with Gasteiger partial charge in [-0.05, 0) is 30.2 Å². The lowest BCUT2D eigenvalue weighted by Gasteiger charge is -2.27. The molecule has 3 nitrogen and oxygen atoms in total. The van der Waals surface area contributed by atoms with Crippen LogP contribution in [0.4, 0.5) is 4.39 Å². The molecule has 24 heavy (non-hydrogen) atoms. The quantitative estimate of drug-likeness (QED) is 0.675. The van der Waals surface area contributed by atoms with Gasteiger partial charge in [-0.1, -0.05) is 47.5 Å². The normalized spacial score (nSPS) is 21.3. The smallest absolute Gasteiger partial charge is 0.119 e. The van der Waals surface area contributed by atoms with E-state index in [0.29, 0.717) is 16.6 Å². The lowest BCUT2D eigenvalue weighted by molar-refractivity contribution is 0.231. The number of halogens is 3. The fourth-order valence-corrected chi connectivity index (χ4v) is 3.91. The topological polar surface area (TPSA) is 40.7 Å². The molecule has 0 saturated carbocycles. The molecule has 1 aromatic heterocycles. The molecule has 2 atom stereocenters. The Morgan fingerprint density at radius 2 is 1.96 bits per heavy atom. The lowest BCUT2D eigenvalue weighted by Crippen LogP contribution is -2.36. The molecule has 6 heteroatoms. The molecule has 2 heterocycles. The van der Waals surface area contributed by atoms with Gasteiger partial charge in [0.2, 0.25) is 0 Å². The van der Waals surface area contributed by atoms with E-state index < -0.39 is 6.17 Å². The van der Waals surface area contributed by atoms with Crippen LogP contribution in [0, 0.1) is 0 Å². The summed E-state index contributed by atoms with van der Waals surface area (Å²) in [5.41, 5.74) is 3.54. The van der Waals surface area contributed by atoms with Crippen molar-refractivity contribution < 1.29 is 4.39 Å². The van der Waals surface area contributed by atoms with Gasteiger partial charge in [-0.25, -0.2) is 4.39 Å². The number of nitrogens with zero attached hydrogens (tertiary/aromatic N) is 1. The first-order valence-corrected chi connectivity index (χ1v) is 8.67. The number of rotatable bonds is 2. The summed E-state index contributed by atoms with van der Waals surface area (Å²) in [5.74, 6) is -0.0468. The fourth-order valence-electron chi connectivity index (χ4n) is 3.35. The number of piperidine rings is 1. The maximum absolute atomic E-state index is 14.1. The second-order valence-corrected chi connectivity index (χ2v) is 6.90. The van der Waals surface area contributed by atoms with E-state index in [4.69, 9.17) is 23.2 Å². The van der Waals surface area contributed by atoms with Crippen LogP contribution in [0.2, 0.25) is 10.0 Å². The molecule has 1 fully saturated rings. The van der Waals surface area contributed by atoms with E-state index >= 15 is 0 Å². The number of benzene rings is 2. The molecule has 1 aliphatic rings. The number of hydrogen-bond donors (Lipinski definition) is 2. The molecule has 0 bridgehead atoms.